The minimum Gasteiger partial charge on any atom is -0.388 e. The van der Waals surface area contributed by atoms with Crippen molar-refractivity contribution in [3.05, 3.63) is 63.3 Å². The number of aromatic nitrogens is 2. The van der Waals surface area contributed by atoms with Gasteiger partial charge in [-0.3, -0.25) is 0 Å². The zero-order valence-corrected chi connectivity index (χ0v) is 11.0. The van der Waals surface area contributed by atoms with Gasteiger partial charge in [0.15, 0.2) is 0 Å². The van der Waals surface area contributed by atoms with Crippen LogP contribution in [0.2, 0.25) is 0 Å². The predicted octanol–water partition coefficient (Wildman–Crippen LogP) is 2.81. The van der Waals surface area contributed by atoms with Gasteiger partial charge in [-0.2, -0.15) is 4.68 Å². The second-order valence-corrected chi connectivity index (χ2v) is 5.12. The lowest BCUT2D eigenvalue weighted by Crippen LogP contribution is -2.16. The first-order valence-electron chi connectivity index (χ1n) is 5.99. The lowest BCUT2D eigenvalue weighted by molar-refractivity contribution is 0.482. The van der Waals surface area contributed by atoms with E-state index >= 15 is 0 Å². The van der Waals surface area contributed by atoms with Gasteiger partial charge in [-0.05, 0) is 23.6 Å². The topological polar surface area (TPSA) is 48.0 Å². The van der Waals surface area contributed by atoms with Crippen molar-refractivity contribution in [2.75, 3.05) is 0 Å². The third-order valence-electron chi connectivity index (χ3n) is 2.78. The normalized spacial score (nSPS) is 10.7. The predicted molar refractivity (Wildman–Crippen MR) is 74.2 cm³/mol. The van der Waals surface area contributed by atoms with Gasteiger partial charge in [-0.15, -0.1) is 16.4 Å². The van der Waals surface area contributed by atoms with E-state index in [1.807, 2.05) is 47.8 Å². The molecular formula is C14H12N2O2S. The highest BCUT2D eigenvalue weighted by Gasteiger charge is 2.09. The summed E-state index contributed by atoms with van der Waals surface area (Å²) in [5.74, 6) is -0.0350. The summed E-state index contributed by atoms with van der Waals surface area (Å²) >= 11 is 1.68. The van der Waals surface area contributed by atoms with Crippen LogP contribution in [0.3, 0.4) is 0 Å². The molecule has 19 heavy (non-hydrogen) atoms. The molecule has 0 radical (unpaired) electrons. The third kappa shape index (κ3) is 2.66. The van der Waals surface area contributed by atoms with Crippen LogP contribution >= 0.6 is 11.3 Å². The first kappa shape index (κ1) is 11.9. The zero-order valence-electron chi connectivity index (χ0n) is 10.2. The van der Waals surface area contributed by atoms with Crippen molar-refractivity contribution in [2.45, 2.75) is 13.0 Å². The Morgan fingerprint density at radius 2 is 2.00 bits per heavy atom. The molecule has 0 unspecified atom stereocenters. The molecule has 3 aromatic rings. The standard InChI is InChI=1S/C14H12N2O2S/c17-14-16(9-8-12-7-4-10-19-12)15-13(18-14)11-5-2-1-3-6-11/h1-7,10H,8-9H2. The molecule has 96 valence electrons. The average molecular weight is 272 g/mol. The van der Waals surface area contributed by atoms with Crippen LogP contribution in [0, 0.1) is 0 Å². The van der Waals surface area contributed by atoms with Crippen molar-refractivity contribution in [1.29, 1.82) is 0 Å². The Hall–Kier alpha value is -2.14. The molecule has 0 aliphatic rings. The molecule has 2 heterocycles. The van der Waals surface area contributed by atoms with Crippen molar-refractivity contribution >= 4 is 11.3 Å². The highest BCUT2D eigenvalue weighted by molar-refractivity contribution is 7.09. The number of benzene rings is 1. The maximum Gasteiger partial charge on any atom is 0.437 e. The number of thiophene rings is 1. The van der Waals surface area contributed by atoms with E-state index in [0.717, 1.165) is 12.0 Å². The maximum absolute atomic E-state index is 11.7. The van der Waals surface area contributed by atoms with Crippen molar-refractivity contribution in [3.8, 4) is 11.5 Å². The summed E-state index contributed by atoms with van der Waals surface area (Å²) in [7, 11) is 0. The molecule has 1 aromatic carbocycles. The Balaban J connectivity index is 1.80. The van der Waals surface area contributed by atoms with Crippen molar-refractivity contribution in [1.82, 2.24) is 9.78 Å². The van der Waals surface area contributed by atoms with Crippen LogP contribution in [0.1, 0.15) is 4.88 Å². The molecule has 0 spiro atoms. The van der Waals surface area contributed by atoms with E-state index in [4.69, 9.17) is 4.42 Å². The molecule has 0 fully saturated rings. The molecule has 2 aromatic heterocycles. The van der Waals surface area contributed by atoms with Crippen LogP contribution in [0.4, 0.5) is 0 Å². The Kier molecular flexibility index (Phi) is 3.29. The molecule has 0 aliphatic carbocycles. The molecular weight excluding hydrogens is 260 g/mol. The fraction of sp³-hybridized carbons (Fsp3) is 0.143. The Labute approximate surface area is 113 Å². The van der Waals surface area contributed by atoms with Crippen molar-refractivity contribution in [3.63, 3.8) is 0 Å². The molecule has 0 N–H and O–H groups in total. The monoisotopic (exact) mass is 272 g/mol. The van der Waals surface area contributed by atoms with E-state index in [1.54, 1.807) is 11.3 Å². The van der Waals surface area contributed by atoms with Crippen LogP contribution in [-0.2, 0) is 13.0 Å². The van der Waals surface area contributed by atoms with Crippen LogP contribution in [0.25, 0.3) is 11.5 Å². The van der Waals surface area contributed by atoms with Gasteiger partial charge in [0, 0.05) is 16.9 Å². The first-order chi connectivity index (χ1) is 9.33. The number of aryl methyl sites for hydroxylation is 2. The second kappa shape index (κ2) is 5.24. The average Bonchev–Trinajstić information content (AvgIpc) is 3.07. The fourth-order valence-corrected chi connectivity index (χ4v) is 2.51. The van der Waals surface area contributed by atoms with E-state index in [1.165, 1.54) is 9.56 Å². The summed E-state index contributed by atoms with van der Waals surface area (Å²) in [5, 5.41) is 6.25. The summed E-state index contributed by atoms with van der Waals surface area (Å²) in [6, 6.07) is 13.5. The molecule has 0 bridgehead atoms. The Morgan fingerprint density at radius 3 is 2.74 bits per heavy atom. The highest BCUT2D eigenvalue weighted by Crippen LogP contribution is 2.14. The SMILES string of the molecule is O=c1oc(-c2ccccc2)nn1CCc1cccs1. The molecule has 0 amide bonds. The molecule has 0 saturated carbocycles. The van der Waals surface area contributed by atoms with E-state index in [0.29, 0.717) is 12.4 Å². The summed E-state index contributed by atoms with van der Waals surface area (Å²) in [4.78, 5) is 12.9. The minimum atomic E-state index is -0.407. The number of hydrogen-bond acceptors (Lipinski definition) is 4. The minimum absolute atomic E-state index is 0.372. The lowest BCUT2D eigenvalue weighted by atomic mass is 10.2. The summed E-state index contributed by atoms with van der Waals surface area (Å²) in [5.41, 5.74) is 0.814. The Bertz CT molecular complexity index is 699. The first-order valence-corrected chi connectivity index (χ1v) is 6.86. The maximum atomic E-state index is 11.7. The summed E-state index contributed by atoms with van der Waals surface area (Å²) in [6.07, 6.45) is 0.790. The van der Waals surface area contributed by atoms with E-state index in [2.05, 4.69) is 5.10 Å². The van der Waals surface area contributed by atoms with Crippen molar-refractivity contribution in [2.24, 2.45) is 0 Å². The van der Waals surface area contributed by atoms with Gasteiger partial charge in [0.25, 0.3) is 0 Å². The number of hydrogen-bond donors (Lipinski definition) is 0. The molecule has 0 aliphatic heterocycles. The summed E-state index contributed by atoms with van der Waals surface area (Å²) in [6.45, 7) is 0.537. The Morgan fingerprint density at radius 1 is 1.16 bits per heavy atom. The largest absolute Gasteiger partial charge is 0.437 e. The smallest absolute Gasteiger partial charge is 0.388 e. The third-order valence-corrected chi connectivity index (χ3v) is 3.71. The molecule has 5 heteroatoms. The number of rotatable bonds is 4. The lowest BCUT2D eigenvalue weighted by Gasteiger charge is -1.96. The van der Waals surface area contributed by atoms with Crippen LogP contribution in [0.5, 0.6) is 0 Å². The van der Waals surface area contributed by atoms with E-state index in [9.17, 15) is 4.79 Å². The van der Waals surface area contributed by atoms with Gasteiger partial charge >= 0.3 is 5.76 Å². The molecule has 0 saturated heterocycles. The van der Waals surface area contributed by atoms with Gasteiger partial charge in [0.2, 0.25) is 5.89 Å². The van der Waals surface area contributed by atoms with Crippen molar-refractivity contribution < 1.29 is 4.42 Å². The molecule has 3 rings (SSSR count). The van der Waals surface area contributed by atoms with E-state index < -0.39 is 5.76 Å². The van der Waals surface area contributed by atoms with Gasteiger partial charge in [0.05, 0.1) is 6.54 Å². The quantitative estimate of drug-likeness (QED) is 0.733. The van der Waals surface area contributed by atoms with Crippen LogP contribution < -0.4 is 5.76 Å². The van der Waals surface area contributed by atoms with Gasteiger partial charge < -0.3 is 4.42 Å². The van der Waals surface area contributed by atoms with Crippen LogP contribution in [0.15, 0.2) is 57.1 Å². The van der Waals surface area contributed by atoms with Gasteiger partial charge in [-0.1, -0.05) is 24.3 Å². The zero-order chi connectivity index (χ0) is 13.1. The van der Waals surface area contributed by atoms with Crippen LogP contribution in [-0.4, -0.2) is 9.78 Å². The van der Waals surface area contributed by atoms with E-state index in [-0.39, 0.29) is 0 Å². The highest BCUT2D eigenvalue weighted by atomic mass is 32.1. The number of nitrogens with zero attached hydrogens (tertiary/aromatic N) is 2. The molecule has 4 nitrogen and oxygen atoms in total. The fourth-order valence-electron chi connectivity index (χ4n) is 1.82. The molecule has 0 atom stereocenters. The second-order valence-electron chi connectivity index (χ2n) is 4.09. The van der Waals surface area contributed by atoms with Gasteiger partial charge in [0.1, 0.15) is 0 Å². The summed E-state index contributed by atoms with van der Waals surface area (Å²) < 4.78 is 6.55. The van der Waals surface area contributed by atoms with Gasteiger partial charge in [-0.25, -0.2) is 4.79 Å².